The van der Waals surface area contributed by atoms with Gasteiger partial charge in [0, 0.05) is 11.0 Å². The predicted octanol–water partition coefficient (Wildman–Crippen LogP) is 3.09. The summed E-state index contributed by atoms with van der Waals surface area (Å²) >= 11 is 0. The first-order valence-electron chi connectivity index (χ1n) is 8.16. The van der Waals surface area contributed by atoms with E-state index in [-0.39, 0.29) is 24.0 Å². The van der Waals surface area contributed by atoms with Crippen molar-refractivity contribution in [3.63, 3.8) is 0 Å². The lowest BCUT2D eigenvalue weighted by Crippen LogP contribution is -2.23. The van der Waals surface area contributed by atoms with Gasteiger partial charge in [-0.15, -0.1) is 0 Å². The van der Waals surface area contributed by atoms with Crippen molar-refractivity contribution >= 4 is 5.91 Å². The van der Waals surface area contributed by atoms with Gasteiger partial charge in [0.05, 0.1) is 19.8 Å². The Balaban J connectivity index is 2.04. The number of hydrogen-bond acceptors (Lipinski definition) is 6. The first-order chi connectivity index (χ1) is 11.7. The number of methoxy groups -OCH3 is 1. The van der Waals surface area contributed by atoms with Gasteiger partial charge in [-0.3, -0.25) is 4.79 Å². The van der Waals surface area contributed by atoms with E-state index in [1.54, 1.807) is 18.2 Å². The predicted molar refractivity (Wildman–Crippen MR) is 92.9 cm³/mol. The summed E-state index contributed by atoms with van der Waals surface area (Å²) in [5, 5.41) is 6.65. The van der Waals surface area contributed by atoms with Gasteiger partial charge in [-0.25, -0.2) is 0 Å². The van der Waals surface area contributed by atoms with Gasteiger partial charge in [-0.05, 0) is 32.0 Å². The second-order valence-corrected chi connectivity index (χ2v) is 6.98. The number of benzene rings is 1. The molecule has 0 saturated carbocycles. The molecule has 0 spiro atoms. The van der Waals surface area contributed by atoms with Crippen LogP contribution in [0.3, 0.4) is 0 Å². The number of carbonyl (C=O) groups is 1. The van der Waals surface area contributed by atoms with Gasteiger partial charge < -0.3 is 19.3 Å². The Kier molecular flexibility index (Phi) is 5.66. The molecule has 0 atom stereocenters. The summed E-state index contributed by atoms with van der Waals surface area (Å²) in [4.78, 5) is 16.6. The normalized spacial score (nSPS) is 11.5. The number of carbonyl (C=O) groups excluding carboxylic acids is 1. The summed E-state index contributed by atoms with van der Waals surface area (Å²) in [6, 6.07) is 5.05. The molecule has 1 heterocycles. The number of ether oxygens (including phenoxy) is 2. The first-order valence-corrected chi connectivity index (χ1v) is 8.16. The Labute approximate surface area is 147 Å². The average molecular weight is 347 g/mol. The maximum absolute atomic E-state index is 12.3. The lowest BCUT2D eigenvalue weighted by Gasteiger charge is -2.14. The van der Waals surface area contributed by atoms with Crippen molar-refractivity contribution in [3.05, 3.63) is 35.5 Å². The molecule has 1 aromatic heterocycles. The molecule has 7 heteroatoms. The molecule has 1 aromatic carbocycles. The van der Waals surface area contributed by atoms with Gasteiger partial charge >= 0.3 is 0 Å². The van der Waals surface area contributed by atoms with Crippen LogP contribution in [0.2, 0.25) is 0 Å². The van der Waals surface area contributed by atoms with Gasteiger partial charge in [0.15, 0.2) is 17.3 Å². The summed E-state index contributed by atoms with van der Waals surface area (Å²) in [6.45, 7) is 9.99. The number of nitrogens with one attached hydrogen (secondary N) is 1. The van der Waals surface area contributed by atoms with Gasteiger partial charge in [0.2, 0.25) is 5.89 Å². The fourth-order valence-corrected chi connectivity index (χ4v) is 2.05. The second-order valence-electron chi connectivity index (χ2n) is 6.98. The summed E-state index contributed by atoms with van der Waals surface area (Å²) < 4.78 is 16.1. The molecule has 1 N–H and O–H groups in total. The van der Waals surface area contributed by atoms with Crippen LogP contribution < -0.4 is 14.8 Å². The van der Waals surface area contributed by atoms with Crippen LogP contribution in [0.1, 0.15) is 56.7 Å². The number of aromatic nitrogens is 2. The zero-order valence-electron chi connectivity index (χ0n) is 15.5. The molecular weight excluding hydrogens is 322 g/mol. The molecule has 0 aliphatic rings. The largest absolute Gasteiger partial charge is 0.493 e. The smallest absolute Gasteiger partial charge is 0.251 e. The van der Waals surface area contributed by atoms with Crippen molar-refractivity contribution in [2.24, 2.45) is 0 Å². The van der Waals surface area contributed by atoms with Crippen molar-refractivity contribution in [1.29, 1.82) is 0 Å². The third-order valence-corrected chi connectivity index (χ3v) is 3.31. The molecule has 0 radical (unpaired) electrons. The lowest BCUT2D eigenvalue weighted by atomic mass is 9.97. The Morgan fingerprint density at radius 3 is 2.56 bits per heavy atom. The molecule has 0 fully saturated rings. The minimum atomic E-state index is -0.253. The molecule has 7 nitrogen and oxygen atoms in total. The topological polar surface area (TPSA) is 86.5 Å². The Hall–Kier alpha value is -2.57. The molecule has 0 unspecified atom stereocenters. The van der Waals surface area contributed by atoms with E-state index in [1.165, 1.54) is 7.11 Å². The minimum Gasteiger partial charge on any atom is -0.493 e. The fourth-order valence-electron chi connectivity index (χ4n) is 2.05. The maximum Gasteiger partial charge on any atom is 0.251 e. The number of amides is 1. The Morgan fingerprint density at radius 1 is 1.28 bits per heavy atom. The highest BCUT2D eigenvalue weighted by Crippen LogP contribution is 2.29. The van der Waals surface area contributed by atoms with Crippen LogP contribution in [0.25, 0.3) is 0 Å². The van der Waals surface area contributed by atoms with Crippen molar-refractivity contribution in [1.82, 2.24) is 15.5 Å². The molecule has 0 aliphatic heterocycles. The lowest BCUT2D eigenvalue weighted by molar-refractivity contribution is 0.0949. The van der Waals surface area contributed by atoms with Crippen LogP contribution in [-0.4, -0.2) is 29.3 Å². The van der Waals surface area contributed by atoms with Crippen LogP contribution in [0.15, 0.2) is 22.7 Å². The van der Waals surface area contributed by atoms with E-state index >= 15 is 0 Å². The van der Waals surface area contributed by atoms with E-state index in [0.717, 1.165) is 0 Å². The highest BCUT2D eigenvalue weighted by Gasteiger charge is 2.22. The highest BCUT2D eigenvalue weighted by atomic mass is 16.5. The third-order valence-electron chi connectivity index (χ3n) is 3.31. The molecule has 0 bridgehead atoms. The van der Waals surface area contributed by atoms with E-state index in [2.05, 4.69) is 15.5 Å². The number of hydrogen-bond donors (Lipinski definition) is 1. The maximum atomic E-state index is 12.3. The van der Waals surface area contributed by atoms with Gasteiger partial charge in [0.1, 0.15) is 0 Å². The first kappa shape index (κ1) is 18.8. The molecule has 136 valence electrons. The second kappa shape index (κ2) is 7.55. The SMILES string of the molecule is COc1cc(C(=O)NCc2noc(C(C)(C)C)n2)ccc1OC(C)C. The van der Waals surface area contributed by atoms with E-state index in [4.69, 9.17) is 14.0 Å². The summed E-state index contributed by atoms with van der Waals surface area (Å²) in [6.07, 6.45) is 0.0174. The number of nitrogens with zero attached hydrogens (tertiary/aromatic N) is 2. The van der Waals surface area contributed by atoms with Crippen LogP contribution in [0.4, 0.5) is 0 Å². The molecular formula is C18H25N3O4. The van der Waals surface area contributed by atoms with Crippen molar-refractivity contribution in [2.75, 3.05) is 7.11 Å². The third kappa shape index (κ3) is 4.95. The van der Waals surface area contributed by atoms with Crippen LogP contribution >= 0.6 is 0 Å². The summed E-state index contributed by atoms with van der Waals surface area (Å²) in [5.41, 5.74) is 0.238. The van der Waals surface area contributed by atoms with Crippen molar-refractivity contribution < 1.29 is 18.8 Å². The van der Waals surface area contributed by atoms with Gasteiger partial charge in [0.25, 0.3) is 5.91 Å². The zero-order valence-corrected chi connectivity index (χ0v) is 15.5. The zero-order chi connectivity index (χ0) is 18.6. The van der Waals surface area contributed by atoms with Gasteiger partial charge in [-0.2, -0.15) is 4.98 Å². The van der Waals surface area contributed by atoms with E-state index in [0.29, 0.717) is 28.8 Å². The minimum absolute atomic E-state index is 0.0174. The van der Waals surface area contributed by atoms with Gasteiger partial charge in [-0.1, -0.05) is 25.9 Å². The monoisotopic (exact) mass is 347 g/mol. The van der Waals surface area contributed by atoms with Crippen molar-refractivity contribution in [3.8, 4) is 11.5 Å². The molecule has 1 amide bonds. The standard InChI is InChI=1S/C18H25N3O4/c1-11(2)24-13-8-7-12(9-14(13)23-6)16(22)19-10-15-20-17(25-21-15)18(3,4)5/h7-9,11H,10H2,1-6H3,(H,19,22). The Morgan fingerprint density at radius 2 is 2.00 bits per heavy atom. The Bertz CT molecular complexity index is 732. The quantitative estimate of drug-likeness (QED) is 0.864. The van der Waals surface area contributed by atoms with E-state index in [9.17, 15) is 4.79 Å². The van der Waals surface area contributed by atoms with Crippen LogP contribution in [0.5, 0.6) is 11.5 Å². The molecule has 2 rings (SSSR count). The number of rotatable bonds is 6. The average Bonchev–Trinajstić information content (AvgIpc) is 3.01. The van der Waals surface area contributed by atoms with E-state index in [1.807, 2.05) is 34.6 Å². The summed E-state index contributed by atoms with van der Waals surface area (Å²) in [5.74, 6) is 1.83. The van der Waals surface area contributed by atoms with Crippen LogP contribution in [-0.2, 0) is 12.0 Å². The van der Waals surface area contributed by atoms with E-state index < -0.39 is 0 Å². The molecule has 0 aliphatic carbocycles. The summed E-state index contributed by atoms with van der Waals surface area (Å²) in [7, 11) is 1.54. The molecule has 0 saturated heterocycles. The highest BCUT2D eigenvalue weighted by molar-refractivity contribution is 5.94. The van der Waals surface area contributed by atoms with Crippen molar-refractivity contribution in [2.45, 2.75) is 52.7 Å². The molecule has 2 aromatic rings. The molecule has 25 heavy (non-hydrogen) atoms. The van der Waals surface area contributed by atoms with Crippen LogP contribution in [0, 0.1) is 0 Å². The fraction of sp³-hybridized carbons (Fsp3) is 0.500.